The third kappa shape index (κ3) is 4.42. The van der Waals surface area contributed by atoms with Crippen molar-refractivity contribution in [3.8, 4) is 0 Å². The minimum Gasteiger partial charge on any atom is -0.271 e. The molecule has 0 fully saturated rings. The third-order valence-electron chi connectivity index (χ3n) is 3.39. The summed E-state index contributed by atoms with van der Waals surface area (Å²) in [7, 11) is 0. The molecule has 0 saturated heterocycles. The lowest BCUT2D eigenvalue weighted by Gasteiger charge is -2.17. The maximum absolute atomic E-state index is 5.69. The predicted molar refractivity (Wildman–Crippen MR) is 76.1 cm³/mol. The van der Waals surface area contributed by atoms with Gasteiger partial charge in [0.05, 0.1) is 17.4 Å². The summed E-state index contributed by atoms with van der Waals surface area (Å²) in [6.07, 6.45) is 7.58. The molecule has 1 aromatic heterocycles. The monoisotopic (exact) mass is 252 g/mol. The van der Waals surface area contributed by atoms with Crippen molar-refractivity contribution in [2.24, 2.45) is 5.84 Å². The van der Waals surface area contributed by atoms with Crippen LogP contribution >= 0.6 is 0 Å². The summed E-state index contributed by atoms with van der Waals surface area (Å²) in [6, 6.07) is 2.37. The van der Waals surface area contributed by atoms with Crippen LogP contribution in [0.2, 0.25) is 0 Å². The van der Waals surface area contributed by atoms with Crippen LogP contribution in [-0.4, -0.2) is 9.78 Å². The topological polar surface area (TPSA) is 55.9 Å². The Morgan fingerprint density at radius 3 is 2.61 bits per heavy atom. The van der Waals surface area contributed by atoms with E-state index in [0.29, 0.717) is 0 Å². The van der Waals surface area contributed by atoms with Gasteiger partial charge in [-0.1, -0.05) is 39.0 Å². The molecule has 4 heteroatoms. The smallest absolute Gasteiger partial charge is 0.0629 e. The molecule has 1 heterocycles. The van der Waals surface area contributed by atoms with Crippen molar-refractivity contribution in [1.29, 1.82) is 0 Å². The van der Waals surface area contributed by atoms with Gasteiger partial charge in [-0.15, -0.1) is 0 Å². The van der Waals surface area contributed by atoms with Crippen molar-refractivity contribution >= 4 is 0 Å². The maximum atomic E-state index is 5.69. The molecule has 0 amide bonds. The van der Waals surface area contributed by atoms with Gasteiger partial charge in [0.1, 0.15) is 0 Å². The van der Waals surface area contributed by atoms with E-state index in [2.05, 4.69) is 30.4 Å². The molecule has 1 aromatic rings. The first-order valence-electron chi connectivity index (χ1n) is 7.23. The van der Waals surface area contributed by atoms with Crippen LogP contribution < -0.4 is 11.3 Å². The van der Waals surface area contributed by atoms with Crippen LogP contribution in [0.1, 0.15) is 69.8 Å². The molecule has 3 N–H and O–H groups in total. The Balaban J connectivity index is 2.49. The normalized spacial score (nSPS) is 12.9. The highest BCUT2D eigenvalue weighted by molar-refractivity contribution is 5.13. The van der Waals surface area contributed by atoms with E-state index >= 15 is 0 Å². The standard InChI is InChI=1S/C14H28N4/c1-4-6-7-8-9-10-13(16-15)14-11-12(3)17-18(14)5-2/h11,13,16H,4-10,15H2,1-3H3. The maximum Gasteiger partial charge on any atom is 0.0629 e. The van der Waals surface area contributed by atoms with Crippen LogP contribution in [0.4, 0.5) is 0 Å². The van der Waals surface area contributed by atoms with Crippen LogP contribution in [0.15, 0.2) is 6.07 Å². The Labute approximate surface area is 111 Å². The van der Waals surface area contributed by atoms with Gasteiger partial charge in [0.25, 0.3) is 0 Å². The van der Waals surface area contributed by atoms with Crippen molar-refractivity contribution in [3.63, 3.8) is 0 Å². The van der Waals surface area contributed by atoms with Crippen LogP contribution in [0.5, 0.6) is 0 Å². The van der Waals surface area contributed by atoms with Crippen molar-refractivity contribution in [2.75, 3.05) is 0 Å². The molecule has 1 rings (SSSR count). The van der Waals surface area contributed by atoms with Gasteiger partial charge in [-0.3, -0.25) is 16.0 Å². The molecule has 0 aliphatic heterocycles. The molecule has 0 spiro atoms. The van der Waals surface area contributed by atoms with Gasteiger partial charge in [-0.2, -0.15) is 5.10 Å². The highest BCUT2D eigenvalue weighted by Crippen LogP contribution is 2.20. The average Bonchev–Trinajstić information content (AvgIpc) is 2.75. The molecule has 4 nitrogen and oxygen atoms in total. The van der Waals surface area contributed by atoms with E-state index in [1.165, 1.54) is 37.8 Å². The lowest BCUT2D eigenvalue weighted by molar-refractivity contribution is 0.443. The summed E-state index contributed by atoms with van der Waals surface area (Å²) < 4.78 is 2.05. The highest BCUT2D eigenvalue weighted by atomic mass is 15.3. The number of nitrogens with two attached hydrogens (primary N) is 1. The second-order valence-corrected chi connectivity index (χ2v) is 4.95. The lowest BCUT2D eigenvalue weighted by Crippen LogP contribution is -2.29. The number of aromatic nitrogens is 2. The molecule has 0 aliphatic rings. The number of rotatable bonds is 9. The molecule has 0 aromatic carbocycles. The third-order valence-corrected chi connectivity index (χ3v) is 3.39. The predicted octanol–water partition coefficient (Wildman–Crippen LogP) is 3.08. The molecule has 0 bridgehead atoms. The fourth-order valence-electron chi connectivity index (χ4n) is 2.37. The van der Waals surface area contributed by atoms with E-state index in [1.54, 1.807) is 0 Å². The number of aryl methyl sites for hydroxylation is 2. The quantitative estimate of drug-likeness (QED) is 0.403. The molecule has 0 aliphatic carbocycles. The summed E-state index contributed by atoms with van der Waals surface area (Å²) >= 11 is 0. The van der Waals surface area contributed by atoms with Gasteiger partial charge in [0, 0.05) is 6.54 Å². The number of hydrogen-bond donors (Lipinski definition) is 2. The van der Waals surface area contributed by atoms with Crippen LogP contribution in [0.25, 0.3) is 0 Å². The summed E-state index contributed by atoms with van der Waals surface area (Å²) in [5.74, 6) is 5.69. The van der Waals surface area contributed by atoms with E-state index in [1.807, 2.05) is 11.6 Å². The molecule has 0 saturated carbocycles. The summed E-state index contributed by atoms with van der Waals surface area (Å²) in [4.78, 5) is 0. The van der Waals surface area contributed by atoms with E-state index in [-0.39, 0.29) is 6.04 Å². The van der Waals surface area contributed by atoms with Crippen LogP contribution in [-0.2, 0) is 6.54 Å². The first kappa shape index (κ1) is 15.2. The first-order chi connectivity index (χ1) is 8.72. The summed E-state index contributed by atoms with van der Waals surface area (Å²) in [5, 5.41) is 4.48. The Bertz CT molecular complexity index is 333. The average molecular weight is 252 g/mol. The number of unbranched alkanes of at least 4 members (excludes halogenated alkanes) is 4. The molecule has 104 valence electrons. The molecule has 0 radical (unpaired) electrons. The van der Waals surface area contributed by atoms with Gasteiger partial charge >= 0.3 is 0 Å². The summed E-state index contributed by atoms with van der Waals surface area (Å²) in [6.45, 7) is 7.29. The number of nitrogens with one attached hydrogen (secondary N) is 1. The van der Waals surface area contributed by atoms with Crippen molar-refractivity contribution < 1.29 is 0 Å². The minimum absolute atomic E-state index is 0.229. The Hall–Kier alpha value is -0.870. The summed E-state index contributed by atoms with van der Waals surface area (Å²) in [5.41, 5.74) is 5.22. The van der Waals surface area contributed by atoms with Crippen LogP contribution in [0, 0.1) is 6.92 Å². The van der Waals surface area contributed by atoms with E-state index < -0.39 is 0 Å². The van der Waals surface area contributed by atoms with Gasteiger partial charge in [-0.25, -0.2) is 0 Å². The second kappa shape index (κ2) is 8.27. The number of hydrogen-bond acceptors (Lipinski definition) is 3. The highest BCUT2D eigenvalue weighted by Gasteiger charge is 2.15. The van der Waals surface area contributed by atoms with Crippen molar-refractivity contribution in [2.45, 2.75) is 71.9 Å². The molecule has 1 atom stereocenters. The number of nitrogens with zero attached hydrogens (tertiary/aromatic N) is 2. The fraction of sp³-hybridized carbons (Fsp3) is 0.786. The SMILES string of the molecule is CCCCCCCC(NN)c1cc(C)nn1CC. The van der Waals surface area contributed by atoms with Crippen LogP contribution in [0.3, 0.4) is 0 Å². The van der Waals surface area contributed by atoms with E-state index in [0.717, 1.165) is 18.7 Å². The zero-order valence-corrected chi connectivity index (χ0v) is 12.1. The number of hydrazine groups is 1. The Morgan fingerprint density at radius 2 is 2.00 bits per heavy atom. The minimum atomic E-state index is 0.229. The van der Waals surface area contributed by atoms with Gasteiger partial charge < -0.3 is 0 Å². The molecular formula is C14H28N4. The fourth-order valence-corrected chi connectivity index (χ4v) is 2.37. The second-order valence-electron chi connectivity index (χ2n) is 4.95. The zero-order valence-electron chi connectivity index (χ0n) is 12.1. The van der Waals surface area contributed by atoms with Gasteiger partial charge in [-0.05, 0) is 26.3 Å². The van der Waals surface area contributed by atoms with Crippen molar-refractivity contribution in [3.05, 3.63) is 17.5 Å². The van der Waals surface area contributed by atoms with E-state index in [4.69, 9.17) is 5.84 Å². The Kier molecular flexibility index (Phi) is 6.98. The zero-order chi connectivity index (χ0) is 13.4. The lowest BCUT2D eigenvalue weighted by atomic mass is 10.0. The van der Waals surface area contributed by atoms with Crippen molar-refractivity contribution in [1.82, 2.24) is 15.2 Å². The van der Waals surface area contributed by atoms with E-state index in [9.17, 15) is 0 Å². The van der Waals surface area contributed by atoms with Gasteiger partial charge in [0.2, 0.25) is 0 Å². The molecule has 18 heavy (non-hydrogen) atoms. The largest absolute Gasteiger partial charge is 0.271 e. The molecular weight excluding hydrogens is 224 g/mol. The Morgan fingerprint density at radius 1 is 1.28 bits per heavy atom. The van der Waals surface area contributed by atoms with Gasteiger partial charge in [0.15, 0.2) is 0 Å². The molecule has 1 unspecified atom stereocenters. The first-order valence-corrected chi connectivity index (χ1v) is 7.23.